The van der Waals surface area contributed by atoms with Crippen LogP contribution in [0.3, 0.4) is 0 Å². The molecule has 0 saturated heterocycles. The minimum absolute atomic E-state index is 0.0464. The van der Waals surface area contributed by atoms with Gasteiger partial charge in [-0.3, -0.25) is 4.79 Å². The summed E-state index contributed by atoms with van der Waals surface area (Å²) in [6.45, 7) is 1.98. The average Bonchev–Trinajstić information content (AvgIpc) is 3.16. The lowest BCUT2D eigenvalue weighted by Crippen LogP contribution is -2.06. The van der Waals surface area contributed by atoms with E-state index in [1.807, 2.05) is 31.2 Å². The molecule has 1 heterocycles. The van der Waals surface area contributed by atoms with Crippen LogP contribution in [0.4, 0.5) is 0 Å². The zero-order valence-corrected chi connectivity index (χ0v) is 14.9. The van der Waals surface area contributed by atoms with Crippen molar-refractivity contribution in [2.75, 3.05) is 21.3 Å². The van der Waals surface area contributed by atoms with Gasteiger partial charge >= 0.3 is 0 Å². The highest BCUT2D eigenvalue weighted by Crippen LogP contribution is 2.38. The molecule has 134 valence electrons. The van der Waals surface area contributed by atoms with E-state index in [1.165, 1.54) is 21.3 Å². The molecule has 0 aliphatic rings. The van der Waals surface area contributed by atoms with E-state index >= 15 is 0 Å². The van der Waals surface area contributed by atoms with E-state index in [9.17, 15) is 4.79 Å². The summed E-state index contributed by atoms with van der Waals surface area (Å²) >= 11 is 0. The van der Waals surface area contributed by atoms with Crippen molar-refractivity contribution in [3.63, 3.8) is 0 Å². The topological polar surface area (TPSA) is 83.7 Å². The molecule has 0 aliphatic carbocycles. The van der Waals surface area contributed by atoms with Crippen LogP contribution in [0.25, 0.3) is 11.5 Å². The average molecular weight is 354 g/mol. The number of carbonyl (C=O) groups is 1. The molecule has 3 rings (SSSR count). The molecule has 0 aliphatic heterocycles. The summed E-state index contributed by atoms with van der Waals surface area (Å²) < 4.78 is 21.0. The second-order valence-corrected chi connectivity index (χ2v) is 5.53. The Morgan fingerprint density at radius 2 is 1.58 bits per heavy atom. The predicted octanol–water partition coefficient (Wildman–Crippen LogP) is 3.30. The van der Waals surface area contributed by atoms with Gasteiger partial charge in [-0.05, 0) is 31.2 Å². The molecule has 0 unspecified atom stereocenters. The molecule has 1 aromatic heterocycles. The maximum absolute atomic E-state index is 12.7. The highest BCUT2D eigenvalue weighted by Gasteiger charge is 2.22. The molecule has 0 bridgehead atoms. The summed E-state index contributed by atoms with van der Waals surface area (Å²) in [6.07, 6.45) is 0. The summed E-state index contributed by atoms with van der Waals surface area (Å²) in [4.78, 5) is 16.9. The van der Waals surface area contributed by atoms with Crippen molar-refractivity contribution < 1.29 is 23.5 Å². The van der Waals surface area contributed by atoms with Crippen molar-refractivity contribution in [3.8, 4) is 28.7 Å². The number of ketones is 1. The van der Waals surface area contributed by atoms with E-state index in [1.54, 1.807) is 12.1 Å². The first-order valence-electron chi connectivity index (χ1n) is 7.82. The van der Waals surface area contributed by atoms with Crippen molar-refractivity contribution in [1.82, 2.24) is 10.1 Å². The molecular weight excluding hydrogens is 336 g/mol. The van der Waals surface area contributed by atoms with E-state index in [0.29, 0.717) is 22.8 Å². The number of aryl methyl sites for hydroxylation is 1. The van der Waals surface area contributed by atoms with E-state index in [4.69, 9.17) is 18.7 Å². The second-order valence-electron chi connectivity index (χ2n) is 5.53. The number of nitrogens with zero attached hydrogens (tertiary/aromatic N) is 2. The fourth-order valence-electron chi connectivity index (χ4n) is 2.47. The number of ether oxygens (including phenoxy) is 3. The minimum atomic E-state index is -0.411. The van der Waals surface area contributed by atoms with Gasteiger partial charge in [-0.2, -0.15) is 4.98 Å². The van der Waals surface area contributed by atoms with Crippen molar-refractivity contribution in [3.05, 3.63) is 53.3 Å². The highest BCUT2D eigenvalue weighted by molar-refractivity contribution is 6.07. The maximum Gasteiger partial charge on any atom is 0.258 e. The molecule has 7 heteroatoms. The van der Waals surface area contributed by atoms with Crippen molar-refractivity contribution in [2.24, 2.45) is 0 Å². The summed E-state index contributed by atoms with van der Waals surface area (Å²) in [6, 6.07) is 10.7. The predicted molar refractivity (Wildman–Crippen MR) is 94.0 cm³/mol. The molecule has 7 nitrogen and oxygen atoms in total. The molecule has 26 heavy (non-hydrogen) atoms. The molecular formula is C19H18N2O5. The molecule has 2 aromatic carbocycles. The van der Waals surface area contributed by atoms with Crippen LogP contribution in [0.15, 0.2) is 40.9 Å². The summed E-state index contributed by atoms with van der Waals surface area (Å²) in [5.74, 6) is 0.969. The molecule has 3 aromatic rings. The van der Waals surface area contributed by atoms with Crippen LogP contribution in [0.5, 0.6) is 17.2 Å². The van der Waals surface area contributed by atoms with Gasteiger partial charge in [0.1, 0.15) is 0 Å². The Labute approximate surface area is 150 Å². The van der Waals surface area contributed by atoms with Gasteiger partial charge in [0.25, 0.3) is 5.89 Å². The Hall–Kier alpha value is -3.35. The van der Waals surface area contributed by atoms with Gasteiger partial charge in [0.2, 0.25) is 17.4 Å². The molecule has 0 fully saturated rings. The SMILES string of the molecule is COc1cc(C(=O)c2noc(-c3ccc(C)cc3)n2)cc(OC)c1OC. The normalized spacial score (nSPS) is 10.5. The van der Waals surface area contributed by atoms with Crippen LogP contribution < -0.4 is 14.2 Å². The standard InChI is InChI=1S/C19H18N2O5/c1-11-5-7-12(8-6-11)19-20-18(21-26-19)16(22)13-9-14(23-2)17(25-4)15(10-13)24-3/h5-10H,1-4H3. The lowest BCUT2D eigenvalue weighted by atomic mass is 10.1. The Morgan fingerprint density at radius 3 is 2.12 bits per heavy atom. The third-order valence-corrected chi connectivity index (χ3v) is 3.85. The van der Waals surface area contributed by atoms with Gasteiger partial charge in [-0.25, -0.2) is 0 Å². The summed E-state index contributed by atoms with van der Waals surface area (Å²) in [7, 11) is 4.46. The number of benzene rings is 2. The van der Waals surface area contributed by atoms with E-state index in [0.717, 1.165) is 11.1 Å². The maximum atomic E-state index is 12.7. The van der Waals surface area contributed by atoms with Crippen molar-refractivity contribution in [2.45, 2.75) is 6.92 Å². The first-order valence-corrected chi connectivity index (χ1v) is 7.82. The van der Waals surface area contributed by atoms with Crippen LogP contribution in [0, 0.1) is 6.92 Å². The molecule has 0 amide bonds. The van der Waals surface area contributed by atoms with Crippen LogP contribution in [-0.4, -0.2) is 37.3 Å². The quantitative estimate of drug-likeness (QED) is 0.628. The monoisotopic (exact) mass is 354 g/mol. The number of aromatic nitrogens is 2. The molecule has 0 radical (unpaired) electrons. The Morgan fingerprint density at radius 1 is 0.962 bits per heavy atom. The van der Waals surface area contributed by atoms with E-state index in [-0.39, 0.29) is 11.7 Å². The van der Waals surface area contributed by atoms with E-state index in [2.05, 4.69) is 10.1 Å². The Kier molecular flexibility index (Phi) is 4.88. The third kappa shape index (κ3) is 3.23. The zero-order chi connectivity index (χ0) is 18.7. The van der Waals surface area contributed by atoms with Crippen LogP contribution >= 0.6 is 0 Å². The van der Waals surface area contributed by atoms with E-state index < -0.39 is 5.78 Å². The summed E-state index contributed by atoms with van der Waals surface area (Å²) in [5.41, 5.74) is 2.16. The lowest BCUT2D eigenvalue weighted by molar-refractivity contribution is 0.102. The lowest BCUT2D eigenvalue weighted by Gasteiger charge is -2.13. The van der Waals surface area contributed by atoms with Crippen LogP contribution in [0.2, 0.25) is 0 Å². The van der Waals surface area contributed by atoms with Gasteiger partial charge in [0, 0.05) is 11.1 Å². The smallest absolute Gasteiger partial charge is 0.258 e. The number of rotatable bonds is 6. The molecule has 0 atom stereocenters. The molecule has 0 spiro atoms. The van der Waals surface area contributed by atoms with Crippen molar-refractivity contribution in [1.29, 1.82) is 0 Å². The highest BCUT2D eigenvalue weighted by atomic mass is 16.5. The van der Waals surface area contributed by atoms with Gasteiger partial charge in [-0.1, -0.05) is 22.9 Å². The molecule has 0 N–H and O–H groups in total. The first-order chi connectivity index (χ1) is 12.6. The van der Waals surface area contributed by atoms with Gasteiger partial charge in [0.15, 0.2) is 11.5 Å². The number of carbonyl (C=O) groups excluding carboxylic acids is 1. The molecule has 0 saturated carbocycles. The number of methoxy groups -OCH3 is 3. The third-order valence-electron chi connectivity index (χ3n) is 3.85. The first kappa shape index (κ1) is 17.5. The number of hydrogen-bond donors (Lipinski definition) is 0. The van der Waals surface area contributed by atoms with Gasteiger partial charge in [-0.15, -0.1) is 0 Å². The minimum Gasteiger partial charge on any atom is -0.493 e. The van der Waals surface area contributed by atoms with Crippen molar-refractivity contribution >= 4 is 5.78 Å². The van der Waals surface area contributed by atoms with Gasteiger partial charge < -0.3 is 18.7 Å². The Bertz CT molecular complexity index is 906. The van der Waals surface area contributed by atoms with Crippen LogP contribution in [-0.2, 0) is 0 Å². The second kappa shape index (κ2) is 7.26. The fraction of sp³-hybridized carbons (Fsp3) is 0.211. The number of hydrogen-bond acceptors (Lipinski definition) is 7. The Balaban J connectivity index is 1.96. The summed E-state index contributed by atoms with van der Waals surface area (Å²) in [5, 5.41) is 3.80. The van der Waals surface area contributed by atoms with Gasteiger partial charge in [0.05, 0.1) is 21.3 Å². The largest absolute Gasteiger partial charge is 0.493 e. The fourth-order valence-corrected chi connectivity index (χ4v) is 2.47. The van der Waals surface area contributed by atoms with Crippen LogP contribution in [0.1, 0.15) is 21.7 Å². The zero-order valence-electron chi connectivity index (χ0n) is 14.9.